The Kier molecular flexibility index (Phi) is 8.77. The summed E-state index contributed by atoms with van der Waals surface area (Å²) in [5.41, 5.74) is 0. The summed E-state index contributed by atoms with van der Waals surface area (Å²) >= 11 is 8.05. The topological polar surface area (TPSA) is 20.3 Å². The van der Waals surface area contributed by atoms with E-state index in [-0.39, 0.29) is 5.91 Å². The number of nitrogens with zero attached hydrogens (tertiary/aromatic N) is 1. The van der Waals surface area contributed by atoms with Crippen molar-refractivity contribution in [2.75, 3.05) is 13.1 Å². The molecule has 4 heteroatoms. The fourth-order valence-electron chi connectivity index (χ4n) is 3.07. The van der Waals surface area contributed by atoms with Gasteiger partial charge in [0.05, 0.1) is 5.02 Å². The van der Waals surface area contributed by atoms with Gasteiger partial charge in [-0.25, -0.2) is 0 Å². The molecule has 138 valence electrons. The van der Waals surface area contributed by atoms with Crippen LogP contribution in [0.25, 0.3) is 10.1 Å². The number of hydrogen-bond acceptors (Lipinski definition) is 2. The Labute approximate surface area is 161 Å². The van der Waals surface area contributed by atoms with E-state index < -0.39 is 0 Å². The minimum absolute atomic E-state index is 0.110. The lowest BCUT2D eigenvalue weighted by Crippen LogP contribution is -2.32. The van der Waals surface area contributed by atoms with E-state index in [0.29, 0.717) is 9.90 Å². The van der Waals surface area contributed by atoms with Crippen molar-refractivity contribution in [2.45, 2.75) is 65.2 Å². The summed E-state index contributed by atoms with van der Waals surface area (Å²) < 4.78 is 1.09. The monoisotopic (exact) mass is 379 g/mol. The maximum absolute atomic E-state index is 13.1. The third-order valence-corrected chi connectivity index (χ3v) is 6.24. The Morgan fingerprint density at radius 3 is 2.12 bits per heavy atom. The summed E-state index contributed by atoms with van der Waals surface area (Å²) in [5, 5.41) is 1.62. The summed E-state index contributed by atoms with van der Waals surface area (Å²) in [7, 11) is 0. The minimum atomic E-state index is 0.110. The zero-order valence-electron chi connectivity index (χ0n) is 15.5. The van der Waals surface area contributed by atoms with Crippen molar-refractivity contribution in [3.63, 3.8) is 0 Å². The number of halogens is 1. The van der Waals surface area contributed by atoms with Crippen LogP contribution >= 0.6 is 22.9 Å². The van der Waals surface area contributed by atoms with Crippen LogP contribution in [0.1, 0.15) is 74.9 Å². The van der Waals surface area contributed by atoms with E-state index in [1.807, 2.05) is 29.2 Å². The van der Waals surface area contributed by atoms with Crippen molar-refractivity contribution in [3.8, 4) is 0 Å². The number of fused-ring (bicyclic) bond motifs is 1. The van der Waals surface area contributed by atoms with Crippen molar-refractivity contribution in [1.82, 2.24) is 4.90 Å². The fraction of sp³-hybridized carbons (Fsp3) is 0.571. The van der Waals surface area contributed by atoms with E-state index >= 15 is 0 Å². The first-order valence-corrected chi connectivity index (χ1v) is 10.8. The molecule has 0 N–H and O–H groups in total. The van der Waals surface area contributed by atoms with Gasteiger partial charge in [-0.1, -0.05) is 82.2 Å². The van der Waals surface area contributed by atoms with Gasteiger partial charge in [0, 0.05) is 23.2 Å². The summed E-state index contributed by atoms with van der Waals surface area (Å²) in [6.45, 7) is 6.11. The summed E-state index contributed by atoms with van der Waals surface area (Å²) in [6, 6.07) is 8.01. The highest BCUT2D eigenvalue weighted by atomic mass is 35.5. The van der Waals surface area contributed by atoms with Crippen LogP contribution in [0.15, 0.2) is 24.3 Å². The highest BCUT2D eigenvalue weighted by molar-refractivity contribution is 7.21. The largest absolute Gasteiger partial charge is 0.338 e. The van der Waals surface area contributed by atoms with E-state index in [1.54, 1.807) is 0 Å². The molecule has 2 aromatic rings. The molecular formula is C21H30ClNOS. The zero-order valence-corrected chi connectivity index (χ0v) is 17.1. The summed E-state index contributed by atoms with van der Waals surface area (Å²) in [5.74, 6) is 0.110. The van der Waals surface area contributed by atoms with E-state index in [9.17, 15) is 4.79 Å². The average Bonchev–Trinajstić information content (AvgIpc) is 2.97. The molecule has 25 heavy (non-hydrogen) atoms. The SMILES string of the molecule is CCCCCCN(CCCCCC)C(=O)c1sc2ccccc2c1Cl. The molecule has 0 saturated carbocycles. The molecule has 0 saturated heterocycles. The van der Waals surface area contributed by atoms with Gasteiger partial charge in [-0.15, -0.1) is 11.3 Å². The van der Waals surface area contributed by atoms with E-state index in [0.717, 1.165) is 36.0 Å². The molecule has 2 nitrogen and oxygen atoms in total. The quantitative estimate of drug-likeness (QED) is 0.379. The number of amides is 1. The Bertz CT molecular complexity index is 655. The number of carbonyl (C=O) groups is 1. The molecule has 0 spiro atoms. The molecule has 0 fully saturated rings. The van der Waals surface area contributed by atoms with Gasteiger partial charge in [0.25, 0.3) is 5.91 Å². The molecule has 1 amide bonds. The average molecular weight is 380 g/mol. The van der Waals surface area contributed by atoms with E-state index in [1.165, 1.54) is 49.9 Å². The second kappa shape index (κ2) is 10.8. The first-order chi connectivity index (χ1) is 12.2. The van der Waals surface area contributed by atoms with Crippen LogP contribution in [0.3, 0.4) is 0 Å². The predicted molar refractivity (Wildman–Crippen MR) is 111 cm³/mol. The van der Waals surface area contributed by atoms with Gasteiger partial charge in [0.2, 0.25) is 0 Å². The molecule has 1 heterocycles. The molecule has 0 unspecified atom stereocenters. The Morgan fingerprint density at radius 1 is 0.960 bits per heavy atom. The molecule has 0 aliphatic carbocycles. The molecule has 0 aliphatic heterocycles. The second-order valence-electron chi connectivity index (χ2n) is 6.65. The number of rotatable bonds is 11. The Morgan fingerprint density at radius 2 is 1.56 bits per heavy atom. The standard InChI is InChI=1S/C21H30ClNOS/c1-3-5-7-11-15-23(16-12-8-6-4-2)21(24)20-19(22)17-13-9-10-14-18(17)25-20/h9-10,13-14H,3-8,11-12,15-16H2,1-2H3. The fourth-order valence-corrected chi connectivity index (χ4v) is 4.55. The molecule has 1 aromatic heterocycles. The Balaban J connectivity index is 2.09. The lowest BCUT2D eigenvalue weighted by molar-refractivity contribution is 0.0754. The zero-order chi connectivity index (χ0) is 18.1. The minimum Gasteiger partial charge on any atom is -0.338 e. The van der Waals surface area contributed by atoms with Crippen LogP contribution in [0.5, 0.6) is 0 Å². The van der Waals surface area contributed by atoms with Crippen LogP contribution in [0, 0.1) is 0 Å². The normalized spacial score (nSPS) is 11.2. The molecular weight excluding hydrogens is 350 g/mol. The summed E-state index contributed by atoms with van der Waals surface area (Å²) in [6.07, 6.45) is 9.44. The van der Waals surface area contributed by atoms with Crippen molar-refractivity contribution in [1.29, 1.82) is 0 Å². The van der Waals surface area contributed by atoms with E-state index in [2.05, 4.69) is 13.8 Å². The lowest BCUT2D eigenvalue weighted by Gasteiger charge is -2.22. The third kappa shape index (κ3) is 5.72. The van der Waals surface area contributed by atoms with Crippen LogP contribution in [-0.2, 0) is 0 Å². The molecule has 2 rings (SSSR count). The van der Waals surface area contributed by atoms with Crippen LogP contribution in [0.4, 0.5) is 0 Å². The first-order valence-electron chi connectivity index (χ1n) is 9.65. The maximum Gasteiger partial charge on any atom is 0.265 e. The lowest BCUT2D eigenvalue weighted by atomic mass is 10.1. The first kappa shape index (κ1) is 20.3. The van der Waals surface area contributed by atoms with Crippen molar-refractivity contribution >= 4 is 38.9 Å². The van der Waals surface area contributed by atoms with E-state index in [4.69, 9.17) is 11.6 Å². The highest BCUT2D eigenvalue weighted by Gasteiger charge is 2.22. The molecule has 0 aliphatic rings. The van der Waals surface area contributed by atoms with Gasteiger partial charge in [-0.2, -0.15) is 0 Å². The van der Waals surface area contributed by atoms with Gasteiger partial charge in [0.15, 0.2) is 0 Å². The molecule has 0 radical (unpaired) electrons. The second-order valence-corrected chi connectivity index (χ2v) is 8.09. The number of hydrogen-bond donors (Lipinski definition) is 0. The number of benzene rings is 1. The van der Waals surface area contributed by atoms with Crippen molar-refractivity contribution in [3.05, 3.63) is 34.2 Å². The molecule has 1 aromatic carbocycles. The van der Waals surface area contributed by atoms with Crippen molar-refractivity contribution < 1.29 is 4.79 Å². The third-order valence-electron chi connectivity index (χ3n) is 4.58. The van der Waals surface area contributed by atoms with Gasteiger partial charge in [-0.3, -0.25) is 4.79 Å². The van der Waals surface area contributed by atoms with Crippen molar-refractivity contribution in [2.24, 2.45) is 0 Å². The number of unbranched alkanes of at least 4 members (excludes halogenated alkanes) is 6. The van der Waals surface area contributed by atoms with Gasteiger partial charge in [-0.05, 0) is 18.9 Å². The van der Waals surface area contributed by atoms with Gasteiger partial charge >= 0.3 is 0 Å². The summed E-state index contributed by atoms with van der Waals surface area (Å²) in [4.78, 5) is 15.8. The van der Waals surface area contributed by atoms with Crippen LogP contribution < -0.4 is 0 Å². The maximum atomic E-state index is 13.1. The molecule has 0 bridgehead atoms. The number of carbonyl (C=O) groups excluding carboxylic acids is 1. The van der Waals surface area contributed by atoms with Crippen LogP contribution in [0.2, 0.25) is 5.02 Å². The number of thiophene rings is 1. The highest BCUT2D eigenvalue weighted by Crippen LogP contribution is 2.36. The van der Waals surface area contributed by atoms with Gasteiger partial charge in [0.1, 0.15) is 4.88 Å². The predicted octanol–water partition coefficient (Wildman–Crippen LogP) is 7.16. The Hall–Kier alpha value is -1.06. The smallest absolute Gasteiger partial charge is 0.265 e. The van der Waals surface area contributed by atoms with Crippen LogP contribution in [-0.4, -0.2) is 23.9 Å². The van der Waals surface area contributed by atoms with Gasteiger partial charge < -0.3 is 4.90 Å². The molecule has 0 atom stereocenters.